The summed E-state index contributed by atoms with van der Waals surface area (Å²) in [4.78, 5) is 42.8. The Morgan fingerprint density at radius 1 is 1.15 bits per heavy atom. The highest BCUT2D eigenvalue weighted by molar-refractivity contribution is 7.88. The topological polar surface area (TPSA) is 149 Å². The number of sulfonamides is 1. The van der Waals surface area contributed by atoms with Gasteiger partial charge in [0.15, 0.2) is 0 Å². The average molecular weight is 586 g/mol. The predicted molar refractivity (Wildman–Crippen MR) is 137 cm³/mol. The Morgan fingerprint density at radius 2 is 1.82 bits per heavy atom. The van der Waals surface area contributed by atoms with Crippen LogP contribution in [0.5, 0.6) is 0 Å². The molecule has 3 amide bonds. The molecule has 2 aromatic rings. The van der Waals surface area contributed by atoms with Gasteiger partial charge in [0.2, 0.25) is 21.8 Å². The Labute approximate surface area is 229 Å². The fourth-order valence-corrected chi connectivity index (χ4v) is 5.96. The molecule has 1 aliphatic rings. The van der Waals surface area contributed by atoms with Crippen molar-refractivity contribution in [2.45, 2.75) is 44.6 Å². The van der Waals surface area contributed by atoms with Gasteiger partial charge in [0, 0.05) is 56.3 Å². The SMILES string of the molecule is CC(C)CC(NC(=O)C1CN(C(=O)O)CCN1S(=O)(=O)Cc1c(F)cc(F)cc1F)C(=O)NCc1cccnc1. The number of carbonyl (C=O) groups excluding carboxylic acids is 2. The second-order valence-electron chi connectivity index (χ2n) is 9.73. The van der Waals surface area contributed by atoms with Crippen molar-refractivity contribution in [2.24, 2.45) is 5.92 Å². The Kier molecular flexibility index (Phi) is 10.1. The number of benzene rings is 1. The van der Waals surface area contributed by atoms with Crippen LogP contribution in [0.2, 0.25) is 0 Å². The van der Waals surface area contributed by atoms with Gasteiger partial charge in [-0.15, -0.1) is 0 Å². The average Bonchev–Trinajstić information content (AvgIpc) is 2.88. The van der Waals surface area contributed by atoms with Crippen LogP contribution < -0.4 is 10.6 Å². The second-order valence-corrected chi connectivity index (χ2v) is 11.7. The molecule has 2 unspecified atom stereocenters. The fraction of sp³-hybridized carbons (Fsp3) is 0.440. The summed E-state index contributed by atoms with van der Waals surface area (Å²) in [6, 6.07) is 1.36. The number of piperazine rings is 1. The lowest BCUT2D eigenvalue weighted by atomic mass is 10.0. The first kappa shape index (κ1) is 30.8. The van der Waals surface area contributed by atoms with E-state index in [0.717, 1.165) is 4.90 Å². The summed E-state index contributed by atoms with van der Waals surface area (Å²) in [5.74, 6) is -6.90. The third-order valence-corrected chi connectivity index (χ3v) is 8.03. The van der Waals surface area contributed by atoms with Crippen molar-refractivity contribution in [1.82, 2.24) is 24.8 Å². The molecule has 0 radical (unpaired) electrons. The molecule has 0 bridgehead atoms. The fourth-order valence-electron chi connectivity index (χ4n) is 4.25. The molecule has 11 nitrogen and oxygen atoms in total. The van der Waals surface area contributed by atoms with E-state index in [1.54, 1.807) is 24.5 Å². The van der Waals surface area contributed by atoms with Crippen molar-refractivity contribution in [2.75, 3.05) is 19.6 Å². The van der Waals surface area contributed by atoms with Crippen LogP contribution in [0.4, 0.5) is 18.0 Å². The molecule has 3 rings (SSSR count). The van der Waals surface area contributed by atoms with Gasteiger partial charge < -0.3 is 20.6 Å². The standard InChI is InChI=1S/C25H30F3N5O6S/c1-15(2)8-21(23(34)30-12-16-4-3-5-29-11-16)31-24(35)22-13-32(25(36)37)6-7-33(22)40(38,39)14-18-19(27)9-17(26)10-20(18)28/h3-5,9-11,15,21-22H,6-8,12-14H2,1-2H3,(H,30,34)(H,31,35)(H,36,37). The first-order chi connectivity index (χ1) is 18.8. The highest BCUT2D eigenvalue weighted by Crippen LogP contribution is 2.23. The smallest absolute Gasteiger partial charge is 0.407 e. The zero-order valence-corrected chi connectivity index (χ0v) is 22.6. The van der Waals surface area contributed by atoms with E-state index in [1.165, 1.54) is 0 Å². The van der Waals surface area contributed by atoms with Gasteiger partial charge in [-0.3, -0.25) is 14.6 Å². The molecule has 1 saturated heterocycles. The van der Waals surface area contributed by atoms with Crippen LogP contribution in [-0.4, -0.2) is 77.3 Å². The number of carbonyl (C=O) groups is 3. The van der Waals surface area contributed by atoms with E-state index in [1.807, 2.05) is 13.8 Å². The minimum absolute atomic E-state index is 0.0689. The van der Waals surface area contributed by atoms with Crippen LogP contribution in [0.1, 0.15) is 31.4 Å². The Balaban J connectivity index is 1.84. The molecule has 3 N–H and O–H groups in total. The summed E-state index contributed by atoms with van der Waals surface area (Å²) in [6.07, 6.45) is 1.89. The molecule has 40 heavy (non-hydrogen) atoms. The van der Waals surface area contributed by atoms with Crippen molar-refractivity contribution in [3.05, 3.63) is 65.2 Å². The number of halogens is 3. The van der Waals surface area contributed by atoms with Gasteiger partial charge in [-0.1, -0.05) is 19.9 Å². The largest absolute Gasteiger partial charge is 0.465 e. The molecule has 1 aliphatic heterocycles. The van der Waals surface area contributed by atoms with Gasteiger partial charge in [-0.25, -0.2) is 26.4 Å². The highest BCUT2D eigenvalue weighted by atomic mass is 32.2. The molecule has 15 heteroatoms. The molecule has 1 aromatic carbocycles. The first-order valence-electron chi connectivity index (χ1n) is 12.4. The molecule has 2 atom stereocenters. The van der Waals surface area contributed by atoms with Crippen LogP contribution >= 0.6 is 0 Å². The number of nitrogens with zero attached hydrogens (tertiary/aromatic N) is 3. The van der Waals surface area contributed by atoms with E-state index in [4.69, 9.17) is 0 Å². The van der Waals surface area contributed by atoms with Crippen molar-refractivity contribution in [1.29, 1.82) is 0 Å². The summed E-state index contributed by atoms with van der Waals surface area (Å²) in [5.41, 5.74) is -0.221. The molecule has 0 saturated carbocycles. The van der Waals surface area contributed by atoms with Gasteiger partial charge >= 0.3 is 6.09 Å². The van der Waals surface area contributed by atoms with Gasteiger partial charge in [-0.05, 0) is 24.0 Å². The number of carboxylic acid groups (broad SMARTS) is 1. The third kappa shape index (κ3) is 7.91. The van der Waals surface area contributed by atoms with Gasteiger partial charge in [0.25, 0.3) is 0 Å². The number of aromatic nitrogens is 1. The van der Waals surface area contributed by atoms with Crippen molar-refractivity contribution in [3.63, 3.8) is 0 Å². The van der Waals surface area contributed by atoms with Crippen LogP contribution in [-0.2, 0) is 31.9 Å². The normalized spacial score (nSPS) is 16.9. The summed E-state index contributed by atoms with van der Waals surface area (Å²) < 4.78 is 69.0. The number of hydrogen-bond acceptors (Lipinski definition) is 6. The van der Waals surface area contributed by atoms with E-state index < -0.39 is 81.9 Å². The van der Waals surface area contributed by atoms with Crippen LogP contribution in [0.3, 0.4) is 0 Å². The zero-order valence-electron chi connectivity index (χ0n) is 21.8. The number of amides is 3. The van der Waals surface area contributed by atoms with Crippen LogP contribution in [0, 0.1) is 23.4 Å². The van der Waals surface area contributed by atoms with E-state index in [-0.39, 0.29) is 25.4 Å². The maximum Gasteiger partial charge on any atom is 0.407 e. The lowest BCUT2D eigenvalue weighted by molar-refractivity contribution is -0.132. The highest BCUT2D eigenvalue weighted by Gasteiger charge is 2.42. The van der Waals surface area contributed by atoms with Gasteiger partial charge in [0.05, 0.1) is 5.75 Å². The second kappa shape index (κ2) is 13.1. The number of pyridine rings is 1. The number of hydrogen-bond donors (Lipinski definition) is 3. The maximum atomic E-state index is 14.2. The van der Waals surface area contributed by atoms with Gasteiger partial charge in [0.1, 0.15) is 29.5 Å². The maximum absolute atomic E-state index is 14.2. The van der Waals surface area contributed by atoms with Crippen LogP contribution in [0.15, 0.2) is 36.7 Å². The molecule has 0 aliphatic carbocycles. The quantitative estimate of drug-likeness (QED) is 0.385. The monoisotopic (exact) mass is 585 g/mol. The van der Waals surface area contributed by atoms with E-state index in [2.05, 4.69) is 15.6 Å². The minimum atomic E-state index is -4.62. The lowest BCUT2D eigenvalue weighted by Gasteiger charge is -2.39. The molecule has 1 aromatic heterocycles. The zero-order chi connectivity index (χ0) is 29.6. The summed E-state index contributed by atoms with van der Waals surface area (Å²) in [7, 11) is -4.62. The summed E-state index contributed by atoms with van der Waals surface area (Å²) in [5, 5.41) is 14.7. The van der Waals surface area contributed by atoms with E-state index in [9.17, 15) is 41.1 Å². The first-order valence-corrected chi connectivity index (χ1v) is 14.0. The minimum Gasteiger partial charge on any atom is -0.465 e. The van der Waals surface area contributed by atoms with Crippen LogP contribution in [0.25, 0.3) is 0 Å². The van der Waals surface area contributed by atoms with Crippen molar-refractivity contribution < 1.29 is 41.1 Å². The number of nitrogens with one attached hydrogen (secondary N) is 2. The van der Waals surface area contributed by atoms with E-state index >= 15 is 0 Å². The predicted octanol–water partition coefficient (Wildman–Crippen LogP) is 1.84. The lowest BCUT2D eigenvalue weighted by Crippen LogP contribution is -2.63. The molecule has 1 fully saturated rings. The summed E-state index contributed by atoms with van der Waals surface area (Å²) >= 11 is 0. The Hall–Kier alpha value is -3.72. The molecule has 0 spiro atoms. The Bertz CT molecular complexity index is 1320. The molecular weight excluding hydrogens is 555 g/mol. The van der Waals surface area contributed by atoms with Crippen molar-refractivity contribution in [3.8, 4) is 0 Å². The van der Waals surface area contributed by atoms with Crippen molar-refractivity contribution >= 4 is 27.9 Å². The Morgan fingerprint density at radius 3 is 2.40 bits per heavy atom. The summed E-state index contributed by atoms with van der Waals surface area (Å²) in [6.45, 7) is 2.35. The van der Waals surface area contributed by atoms with Gasteiger partial charge in [-0.2, -0.15) is 4.31 Å². The van der Waals surface area contributed by atoms with E-state index in [0.29, 0.717) is 22.0 Å². The third-order valence-electron chi connectivity index (χ3n) is 6.22. The molecular formula is C25H30F3N5O6S. The molecule has 218 valence electrons. The molecule has 2 heterocycles. The number of rotatable bonds is 10.